The molecule has 1 aromatic carbocycles. The van der Waals surface area contributed by atoms with Crippen molar-refractivity contribution in [2.75, 3.05) is 0 Å². The van der Waals surface area contributed by atoms with Crippen molar-refractivity contribution in [2.24, 2.45) is 5.73 Å². The van der Waals surface area contributed by atoms with Gasteiger partial charge in [-0.25, -0.2) is 0 Å². The molecule has 0 fully saturated rings. The number of rotatable bonds is 3. The molecule has 6 heteroatoms. The fourth-order valence-electron chi connectivity index (χ4n) is 0.937. The zero-order valence-electron chi connectivity index (χ0n) is 7.51. The largest absolute Gasteiger partial charge is 0.366 e. The number of benzene rings is 1. The fourth-order valence-corrected chi connectivity index (χ4v) is 1.17. The van der Waals surface area contributed by atoms with Gasteiger partial charge in [-0.05, 0) is 17.7 Å². The number of nitrogens with two attached hydrogens (primary N) is 1. The fraction of sp³-hybridized carbons (Fsp3) is 0. The number of amides is 1. The summed E-state index contributed by atoms with van der Waals surface area (Å²) >= 11 is 5.75. The van der Waals surface area contributed by atoms with Crippen LogP contribution in [0.4, 0.5) is 5.69 Å². The highest BCUT2D eigenvalue weighted by atomic mass is 35.5. The quantitative estimate of drug-likeness (QED) is 0.484. The van der Waals surface area contributed by atoms with E-state index in [0.717, 1.165) is 6.08 Å². The van der Waals surface area contributed by atoms with Crippen molar-refractivity contribution in [3.05, 3.63) is 45.0 Å². The zero-order valence-corrected chi connectivity index (χ0v) is 8.27. The molecule has 0 heterocycles. The lowest BCUT2D eigenvalue weighted by Gasteiger charge is -1.97. The Morgan fingerprint density at radius 2 is 2.20 bits per heavy atom. The van der Waals surface area contributed by atoms with Crippen LogP contribution in [0, 0.1) is 10.1 Å². The number of nitrogens with zero attached hydrogens (tertiary/aromatic N) is 1. The van der Waals surface area contributed by atoms with E-state index in [2.05, 4.69) is 0 Å². The van der Waals surface area contributed by atoms with Crippen molar-refractivity contribution in [2.45, 2.75) is 0 Å². The zero-order chi connectivity index (χ0) is 11.4. The van der Waals surface area contributed by atoms with Crippen LogP contribution in [0.15, 0.2) is 24.3 Å². The first kappa shape index (κ1) is 11.2. The number of nitro benzene ring substituents is 1. The highest BCUT2D eigenvalue weighted by Gasteiger charge is 2.07. The van der Waals surface area contributed by atoms with Gasteiger partial charge >= 0.3 is 0 Å². The number of nitro groups is 1. The van der Waals surface area contributed by atoms with E-state index in [1.165, 1.54) is 24.3 Å². The molecule has 0 saturated heterocycles. The second-order valence-electron chi connectivity index (χ2n) is 2.70. The maximum atomic E-state index is 10.4. The van der Waals surface area contributed by atoms with Crippen molar-refractivity contribution >= 4 is 29.3 Å². The Kier molecular flexibility index (Phi) is 3.41. The van der Waals surface area contributed by atoms with Gasteiger partial charge in [-0.1, -0.05) is 11.6 Å². The number of carbonyl (C=O) groups is 1. The molecular formula is C9H7ClN2O3. The van der Waals surface area contributed by atoms with Gasteiger partial charge in [0.15, 0.2) is 0 Å². The summed E-state index contributed by atoms with van der Waals surface area (Å²) in [5, 5.41) is 10.6. The number of primary amides is 1. The highest BCUT2D eigenvalue weighted by Crippen LogP contribution is 2.23. The summed E-state index contributed by atoms with van der Waals surface area (Å²) in [6.45, 7) is 0. The average molecular weight is 227 g/mol. The molecule has 0 aromatic heterocycles. The Hall–Kier alpha value is -1.88. The van der Waals surface area contributed by atoms with Gasteiger partial charge in [0.25, 0.3) is 5.69 Å². The monoisotopic (exact) mass is 226 g/mol. The van der Waals surface area contributed by atoms with Gasteiger partial charge in [0, 0.05) is 18.2 Å². The number of hydrogen-bond donors (Lipinski definition) is 1. The van der Waals surface area contributed by atoms with Gasteiger partial charge in [-0.2, -0.15) is 0 Å². The first-order valence-corrected chi connectivity index (χ1v) is 4.30. The van der Waals surface area contributed by atoms with Gasteiger partial charge < -0.3 is 5.73 Å². The predicted molar refractivity (Wildman–Crippen MR) is 56.3 cm³/mol. The average Bonchev–Trinajstić information content (AvgIpc) is 2.15. The molecule has 0 unspecified atom stereocenters. The molecule has 0 saturated carbocycles. The maximum Gasteiger partial charge on any atom is 0.270 e. The van der Waals surface area contributed by atoms with E-state index < -0.39 is 10.8 Å². The lowest BCUT2D eigenvalue weighted by molar-refractivity contribution is -0.384. The molecule has 1 aromatic rings. The first-order chi connectivity index (χ1) is 7.00. The Morgan fingerprint density at radius 3 is 2.67 bits per heavy atom. The molecule has 0 aliphatic heterocycles. The van der Waals surface area contributed by atoms with Gasteiger partial charge in [0.1, 0.15) is 0 Å². The summed E-state index contributed by atoms with van der Waals surface area (Å²) in [7, 11) is 0. The summed E-state index contributed by atoms with van der Waals surface area (Å²) < 4.78 is 0. The Labute approximate surface area is 90.3 Å². The Bertz CT molecular complexity index is 443. The SMILES string of the molecule is NC(=O)C=Cc1ccc([N+](=O)[O-])cc1Cl. The van der Waals surface area contributed by atoms with Crippen molar-refractivity contribution in [3.8, 4) is 0 Å². The molecule has 1 amide bonds. The van der Waals surface area contributed by atoms with Gasteiger partial charge in [0.2, 0.25) is 5.91 Å². The first-order valence-electron chi connectivity index (χ1n) is 3.92. The van der Waals surface area contributed by atoms with E-state index in [-0.39, 0.29) is 10.7 Å². The van der Waals surface area contributed by atoms with Crippen molar-refractivity contribution < 1.29 is 9.72 Å². The molecule has 78 valence electrons. The smallest absolute Gasteiger partial charge is 0.270 e. The molecule has 0 spiro atoms. The van der Waals surface area contributed by atoms with Crippen molar-refractivity contribution in [1.82, 2.24) is 0 Å². The van der Waals surface area contributed by atoms with E-state index in [0.29, 0.717) is 5.56 Å². The molecule has 0 radical (unpaired) electrons. The third-order valence-corrected chi connectivity index (χ3v) is 1.95. The van der Waals surface area contributed by atoms with Crippen LogP contribution in [0.5, 0.6) is 0 Å². The molecule has 15 heavy (non-hydrogen) atoms. The minimum Gasteiger partial charge on any atom is -0.366 e. The second kappa shape index (κ2) is 4.56. The number of halogens is 1. The minimum atomic E-state index is -0.607. The predicted octanol–water partition coefficient (Wildman–Crippen LogP) is 1.75. The molecular weight excluding hydrogens is 220 g/mol. The van der Waals surface area contributed by atoms with Gasteiger partial charge in [-0.15, -0.1) is 0 Å². The van der Waals surface area contributed by atoms with Crippen LogP contribution in [0.2, 0.25) is 5.02 Å². The van der Waals surface area contributed by atoms with Crippen LogP contribution in [-0.4, -0.2) is 10.8 Å². The third kappa shape index (κ3) is 3.07. The van der Waals surface area contributed by atoms with E-state index >= 15 is 0 Å². The van der Waals surface area contributed by atoms with Crippen LogP contribution in [-0.2, 0) is 4.79 Å². The highest BCUT2D eigenvalue weighted by molar-refractivity contribution is 6.32. The summed E-state index contributed by atoms with van der Waals surface area (Å²) in [5.41, 5.74) is 5.29. The van der Waals surface area contributed by atoms with Crippen molar-refractivity contribution in [3.63, 3.8) is 0 Å². The summed E-state index contributed by atoms with van der Waals surface area (Å²) in [6.07, 6.45) is 2.53. The van der Waals surface area contributed by atoms with Crippen LogP contribution in [0.1, 0.15) is 5.56 Å². The summed E-state index contributed by atoms with van der Waals surface area (Å²) in [4.78, 5) is 20.3. The molecule has 0 aliphatic rings. The van der Waals surface area contributed by atoms with E-state index in [1.54, 1.807) is 0 Å². The molecule has 0 atom stereocenters. The van der Waals surface area contributed by atoms with Crippen LogP contribution < -0.4 is 5.73 Å². The number of non-ortho nitro benzene ring substituents is 1. The third-order valence-electron chi connectivity index (χ3n) is 1.62. The van der Waals surface area contributed by atoms with Crippen LogP contribution >= 0.6 is 11.6 Å². The van der Waals surface area contributed by atoms with Gasteiger partial charge in [-0.3, -0.25) is 14.9 Å². The molecule has 1 rings (SSSR count). The van der Waals surface area contributed by atoms with E-state index in [9.17, 15) is 14.9 Å². The number of hydrogen-bond acceptors (Lipinski definition) is 3. The lowest BCUT2D eigenvalue weighted by atomic mass is 10.2. The maximum absolute atomic E-state index is 10.4. The topological polar surface area (TPSA) is 86.2 Å². The van der Waals surface area contributed by atoms with E-state index in [1.807, 2.05) is 0 Å². The summed E-state index contributed by atoms with van der Waals surface area (Å²) in [5.74, 6) is -0.607. The molecule has 5 nitrogen and oxygen atoms in total. The lowest BCUT2D eigenvalue weighted by Crippen LogP contribution is -2.05. The standard InChI is InChI=1S/C9H7ClN2O3/c10-8-5-7(12(14)15)3-1-6(8)2-4-9(11)13/h1-5H,(H2,11,13). The van der Waals surface area contributed by atoms with Crippen LogP contribution in [0.25, 0.3) is 6.08 Å². The number of carbonyl (C=O) groups excluding carboxylic acids is 1. The Morgan fingerprint density at radius 1 is 1.53 bits per heavy atom. The Balaban J connectivity index is 3.03. The van der Waals surface area contributed by atoms with Gasteiger partial charge in [0.05, 0.1) is 9.95 Å². The molecule has 2 N–H and O–H groups in total. The second-order valence-corrected chi connectivity index (χ2v) is 3.11. The minimum absolute atomic E-state index is 0.101. The molecule has 0 aliphatic carbocycles. The summed E-state index contributed by atoms with van der Waals surface area (Å²) in [6, 6.07) is 3.95. The van der Waals surface area contributed by atoms with E-state index in [4.69, 9.17) is 17.3 Å². The van der Waals surface area contributed by atoms with Crippen LogP contribution in [0.3, 0.4) is 0 Å². The van der Waals surface area contributed by atoms with Crippen molar-refractivity contribution in [1.29, 1.82) is 0 Å². The normalized spacial score (nSPS) is 10.5. The molecule has 0 bridgehead atoms.